The number of rotatable bonds is 14. The number of pyridine rings is 1. The quantitative estimate of drug-likeness (QED) is 0.151. The van der Waals surface area contributed by atoms with Crippen molar-refractivity contribution in [2.75, 3.05) is 31.5 Å². The summed E-state index contributed by atoms with van der Waals surface area (Å²) in [6.45, 7) is 8.21. The summed E-state index contributed by atoms with van der Waals surface area (Å²) < 4.78 is 0. The number of allylic oxidation sites excluding steroid dienone is 1. The number of nitrogens with zero attached hydrogens (tertiary/aromatic N) is 2. The summed E-state index contributed by atoms with van der Waals surface area (Å²) in [7, 11) is 0. The van der Waals surface area contributed by atoms with Crippen molar-refractivity contribution in [2.45, 2.75) is 84.0 Å². The van der Waals surface area contributed by atoms with Gasteiger partial charge in [-0.1, -0.05) is 38.3 Å². The highest BCUT2D eigenvalue weighted by Crippen LogP contribution is 2.33. The number of hydrogen-bond donors (Lipinski definition) is 5. The molecule has 0 bridgehead atoms. The van der Waals surface area contributed by atoms with Crippen LogP contribution >= 0.6 is 0 Å². The molecule has 0 radical (unpaired) electrons. The fourth-order valence-corrected chi connectivity index (χ4v) is 4.59. The van der Waals surface area contributed by atoms with Gasteiger partial charge in [-0.2, -0.15) is 0 Å². The Kier molecular flexibility index (Phi) is 14.7. The molecule has 10 nitrogen and oxygen atoms in total. The first kappa shape index (κ1) is 31.8. The molecular formula is C29H45N5O5. The number of amides is 2. The van der Waals surface area contributed by atoms with Crippen LogP contribution in [0.2, 0.25) is 0 Å². The van der Waals surface area contributed by atoms with E-state index >= 15 is 0 Å². The molecule has 3 rings (SSSR count). The summed E-state index contributed by atoms with van der Waals surface area (Å²) in [5.74, 6) is -0.453. The van der Waals surface area contributed by atoms with Gasteiger partial charge < -0.3 is 25.4 Å². The Bertz CT molecular complexity index is 1040. The van der Waals surface area contributed by atoms with Gasteiger partial charge in [0.2, 0.25) is 0 Å². The van der Waals surface area contributed by atoms with Gasteiger partial charge in [-0.3, -0.25) is 14.9 Å². The Balaban J connectivity index is 0.000000377. The van der Waals surface area contributed by atoms with Gasteiger partial charge in [-0.05, 0) is 82.3 Å². The lowest BCUT2D eigenvalue weighted by Gasteiger charge is -2.31. The van der Waals surface area contributed by atoms with Crippen molar-refractivity contribution in [3.63, 3.8) is 0 Å². The summed E-state index contributed by atoms with van der Waals surface area (Å²) in [5, 5.41) is 22.1. The molecular weight excluding hydrogens is 498 g/mol. The zero-order chi connectivity index (χ0) is 28.5. The smallest absolute Gasteiger partial charge is 0.320 e. The Morgan fingerprint density at radius 2 is 1.72 bits per heavy atom. The van der Waals surface area contributed by atoms with Crippen molar-refractivity contribution in [1.82, 2.24) is 20.2 Å². The predicted molar refractivity (Wildman–Crippen MR) is 154 cm³/mol. The van der Waals surface area contributed by atoms with E-state index in [1.165, 1.54) is 37.8 Å². The van der Waals surface area contributed by atoms with Gasteiger partial charge in [0.1, 0.15) is 5.82 Å². The van der Waals surface area contributed by atoms with Gasteiger partial charge in [-0.15, -0.1) is 0 Å². The summed E-state index contributed by atoms with van der Waals surface area (Å²) in [5.41, 5.74) is 3.28. The average Bonchev–Trinajstić information content (AvgIpc) is 3.33. The molecule has 0 aromatic carbocycles. The molecule has 2 aromatic rings. The lowest BCUT2D eigenvalue weighted by atomic mass is 9.90. The molecule has 1 aliphatic heterocycles. The lowest BCUT2D eigenvalue weighted by molar-refractivity contribution is -0.138. The Morgan fingerprint density at radius 3 is 2.31 bits per heavy atom. The largest absolute Gasteiger partial charge is 0.481 e. The normalized spacial score (nSPS) is 14.2. The van der Waals surface area contributed by atoms with E-state index in [-0.39, 0.29) is 18.9 Å². The maximum atomic E-state index is 12.0. The number of aliphatic carboxylic acids is 2. The number of aromatic amines is 1. The molecule has 10 heteroatoms. The second-order valence-corrected chi connectivity index (χ2v) is 9.91. The highest BCUT2D eigenvalue weighted by Gasteiger charge is 2.23. The first-order valence-corrected chi connectivity index (χ1v) is 14.1. The third-order valence-electron chi connectivity index (χ3n) is 6.80. The number of anilines is 1. The number of carbonyl (C=O) groups excluding carboxylic acids is 1. The molecule has 39 heavy (non-hydrogen) atoms. The van der Waals surface area contributed by atoms with Crippen molar-refractivity contribution >= 4 is 34.8 Å². The second-order valence-electron chi connectivity index (χ2n) is 9.91. The minimum atomic E-state index is -0.784. The molecule has 0 saturated carbocycles. The number of likely N-dealkylation sites (tertiary alicyclic amines) is 1. The van der Waals surface area contributed by atoms with Crippen LogP contribution in [-0.4, -0.2) is 69.2 Å². The maximum Gasteiger partial charge on any atom is 0.320 e. The number of hydrogen-bond acceptors (Lipinski definition) is 5. The Morgan fingerprint density at radius 1 is 1.05 bits per heavy atom. The molecule has 2 amide bonds. The van der Waals surface area contributed by atoms with E-state index in [0.717, 1.165) is 37.0 Å². The van der Waals surface area contributed by atoms with E-state index in [1.54, 1.807) is 0 Å². The number of unbranched alkanes of at least 4 members (excludes halogenated alkanes) is 4. The van der Waals surface area contributed by atoms with E-state index in [4.69, 9.17) is 15.2 Å². The number of piperidine rings is 1. The molecule has 1 saturated heterocycles. The van der Waals surface area contributed by atoms with Gasteiger partial charge >= 0.3 is 18.0 Å². The average molecular weight is 544 g/mol. The zero-order valence-corrected chi connectivity index (χ0v) is 23.4. The number of aromatic nitrogens is 2. The van der Waals surface area contributed by atoms with Gasteiger partial charge in [-0.25, -0.2) is 9.78 Å². The molecule has 0 aliphatic carbocycles. The molecule has 0 unspecified atom stereocenters. The van der Waals surface area contributed by atoms with Gasteiger partial charge in [0.25, 0.3) is 0 Å². The third-order valence-corrected chi connectivity index (χ3v) is 6.80. The van der Waals surface area contributed by atoms with Crippen LogP contribution in [0, 0.1) is 0 Å². The number of carbonyl (C=O) groups is 3. The van der Waals surface area contributed by atoms with Gasteiger partial charge in [0, 0.05) is 25.6 Å². The van der Waals surface area contributed by atoms with Crippen LogP contribution in [0.3, 0.4) is 0 Å². The van der Waals surface area contributed by atoms with E-state index in [9.17, 15) is 14.4 Å². The number of carboxylic acids is 2. The van der Waals surface area contributed by atoms with Gasteiger partial charge in [0.15, 0.2) is 0 Å². The van der Waals surface area contributed by atoms with Crippen LogP contribution in [0.4, 0.5) is 10.6 Å². The monoisotopic (exact) mass is 543 g/mol. The van der Waals surface area contributed by atoms with Crippen molar-refractivity contribution in [2.24, 2.45) is 0 Å². The van der Waals surface area contributed by atoms with Crippen LogP contribution < -0.4 is 10.6 Å². The van der Waals surface area contributed by atoms with Crippen molar-refractivity contribution < 1.29 is 24.6 Å². The third kappa shape index (κ3) is 12.3. The summed E-state index contributed by atoms with van der Waals surface area (Å²) in [4.78, 5) is 42.7. The number of fused-ring (bicyclic) bond motifs is 1. The molecule has 5 N–H and O–H groups in total. The molecule has 1 fully saturated rings. The Labute approximate surface area is 231 Å². The lowest BCUT2D eigenvalue weighted by Crippen LogP contribution is -2.33. The van der Waals surface area contributed by atoms with Crippen LogP contribution in [0.15, 0.2) is 30.5 Å². The topological polar surface area (TPSA) is 148 Å². The van der Waals surface area contributed by atoms with Crippen molar-refractivity contribution in [1.29, 1.82) is 0 Å². The van der Waals surface area contributed by atoms with Crippen LogP contribution in [0.5, 0.6) is 0 Å². The van der Waals surface area contributed by atoms with E-state index in [2.05, 4.69) is 33.6 Å². The Hall–Kier alpha value is -3.40. The van der Waals surface area contributed by atoms with Crippen LogP contribution in [0.25, 0.3) is 11.0 Å². The fraction of sp³-hybridized carbons (Fsp3) is 0.586. The minimum Gasteiger partial charge on any atom is -0.481 e. The molecule has 0 atom stereocenters. The summed E-state index contributed by atoms with van der Waals surface area (Å²) in [6, 6.07) is 3.59. The maximum absolute atomic E-state index is 12.0. The SMILES string of the molecule is C/C=C/CNC(=O)Nc1ccc2[nH]cc(C3CCN(CCCC)CC3)c2n1.O=C(O)CCCCCCC(=O)O. The molecule has 2 aromatic heterocycles. The highest BCUT2D eigenvalue weighted by molar-refractivity contribution is 5.90. The van der Waals surface area contributed by atoms with E-state index < -0.39 is 11.9 Å². The number of H-pyrrole nitrogens is 1. The standard InChI is InChI=1S/C21H31N5O.C8H14O4/c1-3-5-11-22-21(27)25-19-8-7-18-20(24-19)17(15-23-18)16-9-13-26(14-10-16)12-6-4-2;9-7(10)5-3-1-2-4-6-8(11)12/h3,5,7-8,15-16,23H,4,6,9-14H2,1-2H3,(H2,22,24,25,27);1-6H2,(H,9,10)(H,11,12)/b5-3+;. The summed E-state index contributed by atoms with van der Waals surface area (Å²) >= 11 is 0. The minimum absolute atomic E-state index is 0.188. The zero-order valence-electron chi connectivity index (χ0n) is 23.4. The predicted octanol–water partition coefficient (Wildman–Crippen LogP) is 5.74. The number of carboxylic acid groups (broad SMARTS) is 2. The number of urea groups is 1. The molecule has 1 aliphatic rings. The summed E-state index contributed by atoms with van der Waals surface area (Å²) in [6.07, 6.45) is 14.1. The second kappa shape index (κ2) is 18.0. The van der Waals surface area contributed by atoms with Crippen molar-refractivity contribution in [3.05, 3.63) is 36.0 Å². The number of nitrogens with one attached hydrogen (secondary N) is 3. The highest BCUT2D eigenvalue weighted by atomic mass is 16.4. The first-order valence-electron chi connectivity index (χ1n) is 14.1. The van der Waals surface area contributed by atoms with E-state index in [1.807, 2.05) is 31.2 Å². The molecule has 3 heterocycles. The fourth-order valence-electron chi connectivity index (χ4n) is 4.59. The van der Waals surface area contributed by atoms with E-state index in [0.29, 0.717) is 31.1 Å². The van der Waals surface area contributed by atoms with Crippen LogP contribution in [0.1, 0.15) is 89.5 Å². The van der Waals surface area contributed by atoms with Gasteiger partial charge in [0.05, 0.1) is 11.0 Å². The van der Waals surface area contributed by atoms with Crippen molar-refractivity contribution in [3.8, 4) is 0 Å². The molecule has 0 spiro atoms. The molecule has 216 valence electrons. The van der Waals surface area contributed by atoms with Crippen LogP contribution in [-0.2, 0) is 9.59 Å². The first-order chi connectivity index (χ1) is 18.8.